The summed E-state index contributed by atoms with van der Waals surface area (Å²) in [4.78, 5) is 35.4. The maximum Gasteiger partial charge on any atom is 0.325 e. The second-order valence-electron chi connectivity index (χ2n) is 5.31. The molecule has 0 bridgehead atoms. The summed E-state index contributed by atoms with van der Waals surface area (Å²) in [6, 6.07) is 10.5. The zero-order valence-corrected chi connectivity index (χ0v) is 14.6. The van der Waals surface area contributed by atoms with Gasteiger partial charge >= 0.3 is 5.97 Å². The third-order valence-electron chi connectivity index (χ3n) is 3.44. The Hall–Kier alpha value is -3.40. The highest BCUT2D eigenvalue weighted by Crippen LogP contribution is 2.20. The fraction of sp³-hybridized carbons (Fsp3) is 0.118. The Morgan fingerprint density at radius 3 is 2.70 bits per heavy atom. The zero-order chi connectivity index (χ0) is 19.2. The quantitative estimate of drug-likeness (QED) is 0.623. The first-order chi connectivity index (χ1) is 13.0. The van der Waals surface area contributed by atoms with Crippen LogP contribution in [0.4, 0.5) is 10.1 Å². The van der Waals surface area contributed by atoms with Crippen LogP contribution in [0.1, 0.15) is 10.4 Å². The van der Waals surface area contributed by atoms with Crippen LogP contribution in [0.3, 0.4) is 0 Å². The summed E-state index contributed by atoms with van der Waals surface area (Å²) in [5.74, 6) is -2.85. The second-order valence-corrected chi connectivity index (χ2v) is 5.84. The van der Waals surface area contributed by atoms with Crippen molar-refractivity contribution in [1.82, 2.24) is 14.1 Å². The minimum atomic E-state index is -0.830. The van der Waals surface area contributed by atoms with E-state index >= 15 is 0 Å². The van der Waals surface area contributed by atoms with Gasteiger partial charge in [0, 0.05) is 0 Å². The van der Waals surface area contributed by atoms with E-state index in [1.807, 2.05) is 0 Å². The number of benzene rings is 2. The van der Waals surface area contributed by atoms with Gasteiger partial charge in [-0.1, -0.05) is 18.2 Å². The number of aromatic nitrogens is 2. The van der Waals surface area contributed by atoms with Crippen molar-refractivity contribution in [2.45, 2.75) is 0 Å². The number of rotatable bonds is 6. The molecular weight excluding hydrogens is 375 g/mol. The maximum atomic E-state index is 13.5. The molecular formula is C17H13FN4O4S. The smallest absolute Gasteiger partial charge is 0.325 e. The average molecular weight is 388 g/mol. The van der Waals surface area contributed by atoms with E-state index in [1.54, 1.807) is 18.2 Å². The van der Waals surface area contributed by atoms with Crippen molar-refractivity contribution >= 4 is 46.2 Å². The van der Waals surface area contributed by atoms with Gasteiger partial charge in [-0.3, -0.25) is 14.4 Å². The molecule has 2 aromatic carbocycles. The van der Waals surface area contributed by atoms with Gasteiger partial charge in [-0.25, -0.2) is 4.39 Å². The number of ether oxygens (including phenoxy) is 1. The molecule has 2 amide bonds. The van der Waals surface area contributed by atoms with Crippen molar-refractivity contribution in [2.24, 2.45) is 0 Å². The van der Waals surface area contributed by atoms with Crippen molar-refractivity contribution < 1.29 is 23.5 Å². The molecule has 0 saturated carbocycles. The molecule has 0 unspecified atom stereocenters. The third kappa shape index (κ3) is 4.61. The van der Waals surface area contributed by atoms with Crippen molar-refractivity contribution in [3.8, 4) is 0 Å². The zero-order valence-electron chi connectivity index (χ0n) is 13.8. The standard InChI is InChI=1S/C17H13FN4O4S/c18-11-5-2-1-4-10(11)17(25)19-8-15(24)26-9-14(23)20-12-6-3-7-13-16(12)22-27-21-13/h1-7H,8-9H2,(H,19,25)(H,20,23). The Morgan fingerprint density at radius 2 is 1.89 bits per heavy atom. The molecule has 1 aromatic heterocycles. The van der Waals surface area contributed by atoms with E-state index < -0.39 is 36.8 Å². The van der Waals surface area contributed by atoms with Crippen LogP contribution in [-0.2, 0) is 14.3 Å². The highest BCUT2D eigenvalue weighted by Gasteiger charge is 2.14. The van der Waals surface area contributed by atoms with Gasteiger partial charge < -0.3 is 15.4 Å². The van der Waals surface area contributed by atoms with Crippen molar-refractivity contribution in [1.29, 1.82) is 0 Å². The molecule has 3 aromatic rings. The number of nitrogens with zero attached hydrogens (tertiary/aromatic N) is 2. The molecule has 0 aliphatic carbocycles. The van der Waals surface area contributed by atoms with Crippen molar-refractivity contribution in [3.63, 3.8) is 0 Å². The number of nitrogens with one attached hydrogen (secondary N) is 2. The summed E-state index contributed by atoms with van der Waals surface area (Å²) in [7, 11) is 0. The normalized spacial score (nSPS) is 10.4. The Bertz CT molecular complexity index is 1010. The number of esters is 1. The van der Waals surface area contributed by atoms with Crippen LogP contribution in [0.5, 0.6) is 0 Å². The molecule has 1 heterocycles. The number of carbonyl (C=O) groups excluding carboxylic acids is 3. The maximum absolute atomic E-state index is 13.5. The molecule has 8 nitrogen and oxygen atoms in total. The van der Waals surface area contributed by atoms with Gasteiger partial charge in [-0.05, 0) is 24.3 Å². The summed E-state index contributed by atoms with van der Waals surface area (Å²) in [6.45, 7) is -1.03. The minimum absolute atomic E-state index is 0.187. The highest BCUT2D eigenvalue weighted by atomic mass is 32.1. The van der Waals surface area contributed by atoms with Crippen LogP contribution >= 0.6 is 11.7 Å². The largest absolute Gasteiger partial charge is 0.454 e. The predicted octanol–water partition coefficient (Wildman–Crippen LogP) is 1.74. The average Bonchev–Trinajstić information content (AvgIpc) is 3.15. The molecule has 27 heavy (non-hydrogen) atoms. The SMILES string of the molecule is O=C(COC(=O)CNC(=O)c1ccccc1F)Nc1cccc2nsnc12. The first-order valence-corrected chi connectivity index (χ1v) is 8.47. The minimum Gasteiger partial charge on any atom is -0.454 e. The van der Waals surface area contributed by atoms with Crippen LogP contribution in [0, 0.1) is 5.82 Å². The number of hydrogen-bond donors (Lipinski definition) is 2. The predicted molar refractivity (Wildman–Crippen MR) is 95.7 cm³/mol. The van der Waals surface area contributed by atoms with Crippen molar-refractivity contribution in [2.75, 3.05) is 18.5 Å². The third-order valence-corrected chi connectivity index (χ3v) is 3.98. The van der Waals surface area contributed by atoms with Crippen LogP contribution in [-0.4, -0.2) is 39.7 Å². The van der Waals surface area contributed by atoms with Crippen molar-refractivity contribution in [3.05, 3.63) is 53.8 Å². The number of halogens is 1. The van der Waals surface area contributed by atoms with Gasteiger partial charge in [0.25, 0.3) is 11.8 Å². The molecule has 2 N–H and O–H groups in total. The molecule has 0 aliphatic heterocycles. The molecule has 0 fully saturated rings. The lowest BCUT2D eigenvalue weighted by Gasteiger charge is -2.08. The Kier molecular flexibility index (Phi) is 5.67. The lowest BCUT2D eigenvalue weighted by Crippen LogP contribution is -2.32. The second kappa shape index (κ2) is 8.32. The summed E-state index contributed by atoms with van der Waals surface area (Å²) in [5, 5.41) is 4.81. The number of fused-ring (bicyclic) bond motifs is 1. The molecule has 0 atom stereocenters. The first kappa shape index (κ1) is 18.4. The molecule has 10 heteroatoms. The van der Waals surface area contributed by atoms with E-state index in [1.165, 1.54) is 18.2 Å². The van der Waals surface area contributed by atoms with Gasteiger partial charge in [-0.2, -0.15) is 8.75 Å². The molecule has 0 spiro atoms. The van der Waals surface area contributed by atoms with Gasteiger partial charge in [0.15, 0.2) is 6.61 Å². The Balaban J connectivity index is 1.46. The molecule has 138 valence electrons. The fourth-order valence-corrected chi connectivity index (χ4v) is 2.73. The molecule has 0 saturated heterocycles. The van der Waals surface area contributed by atoms with Crippen LogP contribution in [0.15, 0.2) is 42.5 Å². The number of carbonyl (C=O) groups is 3. The number of hydrogen-bond acceptors (Lipinski definition) is 7. The Morgan fingerprint density at radius 1 is 1.07 bits per heavy atom. The lowest BCUT2D eigenvalue weighted by molar-refractivity contribution is -0.146. The molecule has 0 aliphatic rings. The summed E-state index contributed by atoms with van der Waals surface area (Å²) < 4.78 is 26.4. The van der Waals surface area contributed by atoms with E-state index in [2.05, 4.69) is 19.4 Å². The van der Waals surface area contributed by atoms with Gasteiger partial charge in [-0.15, -0.1) is 0 Å². The van der Waals surface area contributed by atoms with E-state index in [9.17, 15) is 18.8 Å². The highest BCUT2D eigenvalue weighted by molar-refractivity contribution is 7.00. The Labute approximate surface area is 156 Å². The summed E-state index contributed by atoms with van der Waals surface area (Å²) in [5.41, 5.74) is 1.45. The number of amides is 2. The van der Waals surface area contributed by atoms with Crippen LogP contribution in [0.2, 0.25) is 0 Å². The number of anilines is 1. The summed E-state index contributed by atoms with van der Waals surface area (Å²) in [6.07, 6.45) is 0. The van der Waals surface area contributed by atoms with E-state index in [0.29, 0.717) is 16.7 Å². The van der Waals surface area contributed by atoms with Gasteiger partial charge in [0.05, 0.1) is 23.0 Å². The van der Waals surface area contributed by atoms with E-state index in [4.69, 9.17) is 4.74 Å². The monoisotopic (exact) mass is 388 g/mol. The van der Waals surface area contributed by atoms with Crippen LogP contribution < -0.4 is 10.6 Å². The van der Waals surface area contributed by atoms with E-state index in [0.717, 1.165) is 17.8 Å². The van der Waals surface area contributed by atoms with Crippen LogP contribution in [0.25, 0.3) is 11.0 Å². The van der Waals surface area contributed by atoms with E-state index in [-0.39, 0.29) is 5.56 Å². The molecule has 0 radical (unpaired) electrons. The fourth-order valence-electron chi connectivity index (χ4n) is 2.18. The molecule has 3 rings (SSSR count). The van der Waals surface area contributed by atoms with Gasteiger partial charge in [0.2, 0.25) is 0 Å². The van der Waals surface area contributed by atoms with Gasteiger partial charge in [0.1, 0.15) is 23.4 Å². The summed E-state index contributed by atoms with van der Waals surface area (Å²) >= 11 is 1.02. The topological polar surface area (TPSA) is 110 Å². The first-order valence-electron chi connectivity index (χ1n) is 7.74. The lowest BCUT2D eigenvalue weighted by atomic mass is 10.2.